The van der Waals surface area contributed by atoms with Gasteiger partial charge in [-0.3, -0.25) is 14.4 Å². The van der Waals surface area contributed by atoms with Crippen LogP contribution < -0.4 is 16.0 Å². The highest BCUT2D eigenvalue weighted by Gasteiger charge is 2.37. The highest BCUT2D eigenvalue weighted by Crippen LogP contribution is 2.30. The molecule has 0 spiro atoms. The average molecular weight is 730 g/mol. The molecule has 1 aromatic carbocycles. The molecule has 3 rings (SSSR count). The molecule has 1 aliphatic carbocycles. The summed E-state index contributed by atoms with van der Waals surface area (Å²) < 4.78 is 25.7. The van der Waals surface area contributed by atoms with Gasteiger partial charge in [-0.15, -0.1) is 0 Å². The molecule has 1 fully saturated rings. The minimum Gasteiger partial charge on any atom is -0.391 e. The van der Waals surface area contributed by atoms with E-state index in [1.807, 2.05) is 44.2 Å². The maximum Gasteiger partial charge on any atom is 0.243 e. The number of aromatic nitrogens is 2. The van der Waals surface area contributed by atoms with Crippen LogP contribution in [-0.2, 0) is 37.1 Å². The molecule has 286 valence electrons. The quantitative estimate of drug-likeness (QED) is 0.121. The van der Waals surface area contributed by atoms with Crippen molar-refractivity contribution in [2.45, 2.75) is 135 Å². The van der Waals surface area contributed by atoms with E-state index in [4.69, 9.17) is 0 Å². The van der Waals surface area contributed by atoms with Gasteiger partial charge in [0, 0.05) is 25.1 Å². The van der Waals surface area contributed by atoms with Crippen molar-refractivity contribution in [1.82, 2.24) is 25.9 Å². The number of nitrogens with zero attached hydrogens (tertiary/aromatic N) is 1. The number of H-pyrrole nitrogens is 1. The van der Waals surface area contributed by atoms with E-state index in [1.54, 1.807) is 27.0 Å². The number of aromatic amines is 1. The molecule has 1 heterocycles. The van der Waals surface area contributed by atoms with Crippen LogP contribution in [0, 0.1) is 23.7 Å². The number of hydrogen-bond donors (Lipinski definition) is 5. The molecule has 1 aliphatic rings. The molecule has 3 amide bonds. The Kier molecular flexibility index (Phi) is 16.6. The van der Waals surface area contributed by atoms with Crippen molar-refractivity contribution in [3.05, 3.63) is 54.1 Å². The van der Waals surface area contributed by atoms with Gasteiger partial charge >= 0.3 is 0 Å². The highest BCUT2D eigenvalue weighted by molar-refractivity contribution is 7.92. The van der Waals surface area contributed by atoms with Crippen molar-refractivity contribution >= 4 is 27.6 Å². The molecule has 2 unspecified atom stereocenters. The molecule has 0 saturated heterocycles. The van der Waals surface area contributed by atoms with E-state index in [1.165, 1.54) is 6.33 Å². The zero-order chi connectivity index (χ0) is 37.6. The van der Waals surface area contributed by atoms with Gasteiger partial charge in [0.25, 0.3) is 0 Å². The molecule has 0 bridgehead atoms. The second-order valence-electron chi connectivity index (χ2n) is 15.8. The lowest BCUT2D eigenvalue weighted by Crippen LogP contribution is -2.55. The largest absolute Gasteiger partial charge is 0.391 e. The van der Waals surface area contributed by atoms with Gasteiger partial charge in [0.1, 0.15) is 6.04 Å². The van der Waals surface area contributed by atoms with Crippen LogP contribution in [-0.4, -0.2) is 76.4 Å². The molecular weight excluding hydrogens is 667 g/mol. The number of benzene rings is 1. The number of aliphatic hydroxyl groups is 1. The lowest BCUT2D eigenvalue weighted by molar-refractivity contribution is -0.132. The topological polar surface area (TPSA) is 170 Å². The van der Waals surface area contributed by atoms with Gasteiger partial charge in [-0.25, -0.2) is 13.4 Å². The van der Waals surface area contributed by atoms with E-state index in [-0.39, 0.29) is 36.8 Å². The van der Waals surface area contributed by atoms with Crippen molar-refractivity contribution in [1.29, 1.82) is 0 Å². The van der Waals surface area contributed by atoms with Crippen LogP contribution in [0.25, 0.3) is 0 Å². The summed E-state index contributed by atoms with van der Waals surface area (Å²) in [5.41, 5.74) is 1.36. The molecule has 5 atom stereocenters. The highest BCUT2D eigenvalue weighted by atomic mass is 32.2. The summed E-state index contributed by atoms with van der Waals surface area (Å²) in [4.78, 5) is 48.7. The first-order chi connectivity index (χ1) is 24.1. The van der Waals surface area contributed by atoms with Gasteiger partial charge < -0.3 is 26.0 Å². The Morgan fingerprint density at radius 2 is 1.67 bits per heavy atom. The third kappa shape index (κ3) is 13.7. The number of hydrogen-bond acceptors (Lipinski definition) is 7. The number of unbranched alkanes of at least 4 members (excludes halogenated alkanes) is 1. The van der Waals surface area contributed by atoms with Crippen molar-refractivity contribution in [3.8, 4) is 0 Å². The van der Waals surface area contributed by atoms with Crippen molar-refractivity contribution in [2.24, 2.45) is 23.7 Å². The van der Waals surface area contributed by atoms with Gasteiger partial charge in [-0.05, 0) is 63.9 Å². The molecule has 2 aromatic rings. The second kappa shape index (κ2) is 20.1. The third-order valence-corrected chi connectivity index (χ3v) is 12.9. The zero-order valence-electron chi connectivity index (χ0n) is 31.6. The summed E-state index contributed by atoms with van der Waals surface area (Å²) in [5, 5.41) is 20.7. The predicted molar refractivity (Wildman–Crippen MR) is 201 cm³/mol. The van der Waals surface area contributed by atoms with E-state index in [0.717, 1.165) is 50.5 Å². The molecule has 51 heavy (non-hydrogen) atoms. The van der Waals surface area contributed by atoms with Gasteiger partial charge in [0.2, 0.25) is 17.7 Å². The standard InChI is InChI=1S/C39H63N5O6S/c1-7-8-19-41-37(47)32(27(2)3)23-35(45)33(21-29-17-13-10-14-18-29)43-38(48)34(22-31-24-40-26-42-31)44-36(46)30(20-28-15-11-9-12-16-28)25-51(49,50)39(4,5)6/h9,11-12,15-16,24,26-27,29-30,32-35,45H,7-8,10,13-14,17-23,25H2,1-6H3,(H,40,42)(H,41,47)(H,43,48)(H,44,46)/t30-,32?,33?,34+,35+/m1/s1. The first-order valence-electron chi connectivity index (χ1n) is 18.9. The molecule has 1 saturated carbocycles. The van der Waals surface area contributed by atoms with Crippen LogP contribution in [0.4, 0.5) is 0 Å². The fourth-order valence-corrected chi connectivity index (χ4v) is 8.05. The van der Waals surface area contributed by atoms with Crippen LogP contribution in [0.3, 0.4) is 0 Å². The van der Waals surface area contributed by atoms with Gasteiger partial charge in [0.05, 0.1) is 40.6 Å². The number of aliphatic hydroxyl groups excluding tert-OH is 1. The van der Waals surface area contributed by atoms with Crippen LogP contribution in [0.1, 0.15) is 111 Å². The minimum atomic E-state index is -3.69. The lowest BCUT2D eigenvalue weighted by Gasteiger charge is -2.33. The monoisotopic (exact) mass is 729 g/mol. The number of carbonyl (C=O) groups excluding carboxylic acids is 3. The first kappa shape index (κ1) is 42.2. The SMILES string of the molecule is CCCCNC(=O)C(C[C@H](O)C(CC1CCCCC1)NC(=O)[C@H](Cc1c[nH]cn1)NC(=O)[C@H](Cc1ccccc1)CS(=O)(=O)C(C)(C)C)C(C)C. The number of rotatable bonds is 20. The van der Waals surface area contributed by atoms with Gasteiger partial charge in [-0.1, -0.05) is 89.6 Å². The molecule has 0 aliphatic heterocycles. The number of amides is 3. The van der Waals surface area contributed by atoms with Crippen LogP contribution in [0.15, 0.2) is 42.9 Å². The maximum absolute atomic E-state index is 14.2. The Morgan fingerprint density at radius 1 is 0.980 bits per heavy atom. The van der Waals surface area contributed by atoms with Gasteiger partial charge in [-0.2, -0.15) is 0 Å². The Labute approximate surface area is 305 Å². The lowest BCUT2D eigenvalue weighted by atomic mass is 9.81. The fraction of sp³-hybridized carbons (Fsp3) is 0.692. The summed E-state index contributed by atoms with van der Waals surface area (Å²) in [7, 11) is -3.69. The average Bonchev–Trinajstić information content (AvgIpc) is 3.59. The fourth-order valence-electron chi connectivity index (χ4n) is 6.75. The Hall–Kier alpha value is -3.25. The van der Waals surface area contributed by atoms with Crippen LogP contribution in [0.2, 0.25) is 0 Å². The Balaban J connectivity index is 1.89. The summed E-state index contributed by atoms with van der Waals surface area (Å²) in [5.74, 6) is -2.62. The first-order valence-corrected chi connectivity index (χ1v) is 20.6. The normalized spacial score (nSPS) is 17.3. The number of imidazole rings is 1. The van der Waals surface area contributed by atoms with E-state index in [9.17, 15) is 27.9 Å². The van der Waals surface area contributed by atoms with Gasteiger partial charge in [0.15, 0.2) is 9.84 Å². The Bertz CT molecular complexity index is 1450. The van der Waals surface area contributed by atoms with Crippen LogP contribution in [0.5, 0.6) is 0 Å². The van der Waals surface area contributed by atoms with Crippen molar-refractivity contribution in [3.63, 3.8) is 0 Å². The molecule has 1 aromatic heterocycles. The summed E-state index contributed by atoms with van der Waals surface area (Å²) in [6.07, 6.45) is 10.3. The molecule has 5 N–H and O–H groups in total. The van der Waals surface area contributed by atoms with E-state index in [2.05, 4.69) is 32.8 Å². The van der Waals surface area contributed by atoms with Crippen LogP contribution >= 0.6 is 0 Å². The third-order valence-electron chi connectivity index (χ3n) is 10.2. The summed E-state index contributed by atoms with van der Waals surface area (Å²) in [6, 6.07) is 7.50. The van der Waals surface area contributed by atoms with E-state index in [0.29, 0.717) is 24.6 Å². The maximum atomic E-state index is 14.2. The molecule has 12 heteroatoms. The predicted octanol–water partition coefficient (Wildman–Crippen LogP) is 4.90. The van der Waals surface area contributed by atoms with E-state index >= 15 is 0 Å². The number of nitrogens with one attached hydrogen (secondary N) is 4. The number of sulfone groups is 1. The van der Waals surface area contributed by atoms with Crippen molar-refractivity contribution < 1.29 is 27.9 Å². The summed E-state index contributed by atoms with van der Waals surface area (Å²) in [6.45, 7) is 11.4. The zero-order valence-corrected chi connectivity index (χ0v) is 32.4. The molecular formula is C39H63N5O6S. The van der Waals surface area contributed by atoms with E-state index < -0.39 is 56.4 Å². The Morgan fingerprint density at radius 3 is 2.25 bits per heavy atom. The summed E-state index contributed by atoms with van der Waals surface area (Å²) >= 11 is 0. The minimum absolute atomic E-state index is 0.0232. The molecule has 11 nitrogen and oxygen atoms in total. The second-order valence-corrected chi connectivity index (χ2v) is 18.5. The number of carbonyl (C=O) groups is 3. The smallest absolute Gasteiger partial charge is 0.243 e. The molecule has 0 radical (unpaired) electrons. The van der Waals surface area contributed by atoms with Crippen molar-refractivity contribution in [2.75, 3.05) is 12.3 Å².